The molecule has 0 aliphatic carbocycles. The molecule has 5 heteroatoms. The summed E-state index contributed by atoms with van der Waals surface area (Å²) in [6, 6.07) is 0.973. The van der Waals surface area contributed by atoms with Crippen LogP contribution in [-0.4, -0.2) is 51.8 Å². The van der Waals surface area contributed by atoms with Gasteiger partial charge in [0.25, 0.3) is 0 Å². The molecule has 19 heavy (non-hydrogen) atoms. The first-order valence-corrected chi connectivity index (χ1v) is 6.79. The zero-order valence-electron chi connectivity index (χ0n) is 12.9. The van der Waals surface area contributed by atoms with E-state index in [1.165, 1.54) is 0 Å². The summed E-state index contributed by atoms with van der Waals surface area (Å²) in [5, 5.41) is 9.72. The zero-order chi connectivity index (χ0) is 14.8. The van der Waals surface area contributed by atoms with Crippen molar-refractivity contribution in [2.45, 2.75) is 44.8 Å². The molecule has 3 unspecified atom stereocenters. The normalized spacial score (nSPS) is 15.6. The van der Waals surface area contributed by atoms with Crippen LogP contribution in [0.1, 0.15) is 26.7 Å². The van der Waals surface area contributed by atoms with Gasteiger partial charge in [-0.3, -0.25) is 0 Å². The fraction of sp³-hybridized carbons (Fsp3) is 0.786. The van der Waals surface area contributed by atoms with Crippen molar-refractivity contribution >= 4 is 5.97 Å². The van der Waals surface area contributed by atoms with Gasteiger partial charge >= 0.3 is 5.97 Å². The minimum Gasteiger partial charge on any atom is -0.461 e. The molecule has 0 aliphatic heterocycles. The van der Waals surface area contributed by atoms with E-state index >= 15 is 0 Å². The molecule has 0 spiro atoms. The van der Waals surface area contributed by atoms with E-state index in [0.29, 0.717) is 24.3 Å². The Morgan fingerprint density at radius 1 is 1.11 bits per heavy atom. The minimum absolute atomic E-state index is 0.143. The largest absolute Gasteiger partial charge is 0.461 e. The van der Waals surface area contributed by atoms with Gasteiger partial charge in [0.15, 0.2) is 0 Å². The predicted octanol–water partition coefficient (Wildman–Crippen LogP) is 0.670. The lowest BCUT2D eigenvalue weighted by atomic mass is 10.0. The lowest BCUT2D eigenvalue weighted by Crippen LogP contribution is -2.41. The number of rotatable bonds is 10. The van der Waals surface area contributed by atoms with Crippen LogP contribution in [0, 0.1) is 0 Å². The van der Waals surface area contributed by atoms with Crippen LogP contribution in [0.3, 0.4) is 0 Å². The molecule has 112 valence electrons. The minimum atomic E-state index is -0.329. The summed E-state index contributed by atoms with van der Waals surface area (Å²) in [4.78, 5) is 11.4. The Bertz CT molecular complexity index is 282. The second-order valence-corrected chi connectivity index (χ2v) is 5.01. The molecule has 0 aliphatic rings. The third-order valence-corrected chi connectivity index (χ3v) is 3.28. The molecule has 0 aromatic carbocycles. The van der Waals surface area contributed by atoms with Gasteiger partial charge in [-0.2, -0.15) is 0 Å². The summed E-state index contributed by atoms with van der Waals surface area (Å²) in [7, 11) is 5.80. The molecule has 0 amide bonds. The molecule has 0 fully saturated rings. The average molecular weight is 271 g/mol. The van der Waals surface area contributed by atoms with Gasteiger partial charge < -0.3 is 20.7 Å². The van der Waals surface area contributed by atoms with E-state index in [4.69, 9.17) is 4.74 Å². The smallest absolute Gasteiger partial charge is 0.333 e. The molecule has 3 atom stereocenters. The van der Waals surface area contributed by atoms with Crippen LogP contribution in [0.25, 0.3) is 0 Å². The van der Waals surface area contributed by atoms with Crippen molar-refractivity contribution in [1.29, 1.82) is 0 Å². The highest BCUT2D eigenvalue weighted by Crippen LogP contribution is 2.07. The zero-order valence-corrected chi connectivity index (χ0v) is 12.9. The molecule has 3 N–H and O–H groups in total. The molecular formula is C14H29N3O2. The van der Waals surface area contributed by atoms with Gasteiger partial charge in [0.05, 0.1) is 0 Å². The molecule has 0 saturated heterocycles. The molecule has 0 heterocycles. The number of carbonyl (C=O) groups is 1. The van der Waals surface area contributed by atoms with Gasteiger partial charge in [-0.1, -0.05) is 6.58 Å². The van der Waals surface area contributed by atoms with Gasteiger partial charge in [0.1, 0.15) is 6.61 Å². The third-order valence-electron chi connectivity index (χ3n) is 3.28. The fourth-order valence-electron chi connectivity index (χ4n) is 1.79. The van der Waals surface area contributed by atoms with Crippen LogP contribution in [0.15, 0.2) is 12.2 Å². The van der Waals surface area contributed by atoms with Crippen molar-refractivity contribution in [2.75, 3.05) is 27.7 Å². The quantitative estimate of drug-likeness (QED) is 0.403. The number of carbonyl (C=O) groups excluding carboxylic acids is 1. The Morgan fingerprint density at radius 3 is 2.11 bits per heavy atom. The van der Waals surface area contributed by atoms with Crippen molar-refractivity contribution in [3.63, 3.8) is 0 Å². The molecule has 0 bridgehead atoms. The second-order valence-electron chi connectivity index (χ2n) is 5.01. The van der Waals surface area contributed by atoms with E-state index < -0.39 is 0 Å². The maximum Gasteiger partial charge on any atom is 0.333 e. The Hall–Kier alpha value is -0.910. The first-order chi connectivity index (χ1) is 8.94. The lowest BCUT2D eigenvalue weighted by molar-refractivity contribution is -0.139. The van der Waals surface area contributed by atoms with E-state index in [1.807, 2.05) is 21.1 Å². The summed E-state index contributed by atoms with van der Waals surface area (Å²) in [5.74, 6) is -0.329. The van der Waals surface area contributed by atoms with Crippen molar-refractivity contribution < 1.29 is 9.53 Å². The monoisotopic (exact) mass is 271 g/mol. The maximum absolute atomic E-state index is 11.4. The number of hydrogen-bond acceptors (Lipinski definition) is 5. The first kappa shape index (κ1) is 18.1. The van der Waals surface area contributed by atoms with E-state index in [2.05, 4.69) is 29.5 Å². The van der Waals surface area contributed by atoms with Gasteiger partial charge in [-0.25, -0.2) is 4.79 Å². The van der Waals surface area contributed by atoms with Crippen molar-refractivity contribution in [2.24, 2.45) is 0 Å². The summed E-state index contributed by atoms with van der Waals surface area (Å²) in [6.45, 7) is 7.75. The molecular weight excluding hydrogens is 242 g/mol. The third kappa shape index (κ3) is 7.97. The highest BCUT2D eigenvalue weighted by atomic mass is 16.5. The Kier molecular flexibility index (Phi) is 9.47. The van der Waals surface area contributed by atoms with Gasteiger partial charge in [0.2, 0.25) is 0 Å². The van der Waals surface area contributed by atoms with Gasteiger partial charge in [-0.15, -0.1) is 0 Å². The van der Waals surface area contributed by atoms with Gasteiger partial charge in [-0.05, 0) is 47.8 Å². The lowest BCUT2D eigenvalue weighted by Gasteiger charge is -2.25. The van der Waals surface area contributed by atoms with Crippen molar-refractivity contribution in [3.8, 4) is 0 Å². The number of ether oxygens (including phenoxy) is 1. The summed E-state index contributed by atoms with van der Waals surface area (Å²) in [5.41, 5.74) is 0.434. The van der Waals surface area contributed by atoms with Gasteiger partial charge in [0, 0.05) is 23.7 Å². The van der Waals surface area contributed by atoms with E-state index in [-0.39, 0.29) is 12.0 Å². The average Bonchev–Trinajstić information content (AvgIpc) is 2.40. The first-order valence-electron chi connectivity index (χ1n) is 6.79. The van der Waals surface area contributed by atoms with Crippen LogP contribution < -0.4 is 16.0 Å². The van der Waals surface area contributed by atoms with Crippen LogP contribution in [0.4, 0.5) is 0 Å². The highest BCUT2D eigenvalue weighted by molar-refractivity contribution is 5.86. The SMILES string of the molecule is C=C(C)C(=O)OCC(CC(CC(C)NC)NC)NC. The maximum atomic E-state index is 11.4. The van der Waals surface area contributed by atoms with Crippen LogP contribution >= 0.6 is 0 Å². The van der Waals surface area contributed by atoms with Crippen LogP contribution in [-0.2, 0) is 9.53 Å². The summed E-state index contributed by atoms with van der Waals surface area (Å²) >= 11 is 0. The molecule has 5 nitrogen and oxygen atoms in total. The standard InChI is InChI=1S/C14H29N3O2/c1-10(2)14(18)19-9-13(17-6)8-12(16-5)7-11(3)15-4/h11-13,15-17H,1,7-9H2,2-6H3. The molecule has 0 aromatic heterocycles. The predicted molar refractivity (Wildman–Crippen MR) is 79.2 cm³/mol. The number of hydrogen-bond donors (Lipinski definition) is 3. The molecule has 0 rings (SSSR count). The topological polar surface area (TPSA) is 62.4 Å². The van der Waals surface area contributed by atoms with E-state index in [1.54, 1.807) is 6.92 Å². The van der Waals surface area contributed by atoms with Crippen molar-refractivity contribution in [3.05, 3.63) is 12.2 Å². The molecule has 0 saturated carbocycles. The highest BCUT2D eigenvalue weighted by Gasteiger charge is 2.17. The van der Waals surface area contributed by atoms with Crippen LogP contribution in [0.2, 0.25) is 0 Å². The van der Waals surface area contributed by atoms with E-state index in [0.717, 1.165) is 12.8 Å². The number of likely N-dealkylation sites (N-methyl/N-ethyl adjacent to an activating group) is 1. The summed E-state index contributed by atoms with van der Waals surface area (Å²) < 4.78 is 5.19. The van der Waals surface area contributed by atoms with Crippen LogP contribution in [0.5, 0.6) is 0 Å². The molecule has 0 aromatic rings. The fourth-order valence-corrected chi connectivity index (χ4v) is 1.79. The Labute approximate surface area is 117 Å². The second kappa shape index (κ2) is 9.95. The Morgan fingerprint density at radius 2 is 1.68 bits per heavy atom. The number of esters is 1. The Balaban J connectivity index is 4.20. The van der Waals surface area contributed by atoms with E-state index in [9.17, 15) is 4.79 Å². The summed E-state index contributed by atoms with van der Waals surface area (Å²) in [6.07, 6.45) is 1.93. The number of nitrogens with one attached hydrogen (secondary N) is 3. The van der Waals surface area contributed by atoms with Crippen molar-refractivity contribution in [1.82, 2.24) is 16.0 Å². The molecule has 0 radical (unpaired) electrons.